The van der Waals surface area contributed by atoms with E-state index in [0.717, 1.165) is 32.4 Å². The van der Waals surface area contributed by atoms with Crippen molar-refractivity contribution in [1.29, 1.82) is 0 Å². The number of rotatable bonds is 5. The van der Waals surface area contributed by atoms with Gasteiger partial charge in [-0.1, -0.05) is 6.08 Å². The van der Waals surface area contributed by atoms with Gasteiger partial charge in [0, 0.05) is 32.0 Å². The van der Waals surface area contributed by atoms with Crippen LogP contribution in [-0.2, 0) is 14.3 Å². The quantitative estimate of drug-likeness (QED) is 0.701. The molecule has 102 valence electrons. The highest BCUT2D eigenvalue weighted by atomic mass is 16.7. The lowest BCUT2D eigenvalue weighted by atomic mass is 9.93. The van der Waals surface area contributed by atoms with E-state index in [1.807, 2.05) is 13.1 Å². The number of ether oxygens (including phenoxy) is 2. The lowest BCUT2D eigenvalue weighted by molar-refractivity contribution is -0.170. The van der Waals surface area contributed by atoms with Crippen molar-refractivity contribution >= 4 is 5.91 Å². The van der Waals surface area contributed by atoms with Gasteiger partial charge in [-0.3, -0.25) is 4.79 Å². The van der Waals surface area contributed by atoms with Crippen LogP contribution in [0.5, 0.6) is 0 Å². The monoisotopic (exact) mass is 253 g/mol. The summed E-state index contributed by atoms with van der Waals surface area (Å²) in [5.41, 5.74) is 0. The standard InChI is InChI=1S/C14H23NO3/c1-3-6-12-11(9-15(2)14(12)16)10-18-13-7-4-5-8-17-13/h3,11-13H,1,4-10H2,2H3. The molecule has 1 amide bonds. The Morgan fingerprint density at radius 1 is 1.56 bits per heavy atom. The zero-order valence-corrected chi connectivity index (χ0v) is 11.1. The third-order valence-electron chi connectivity index (χ3n) is 3.83. The molecule has 0 radical (unpaired) electrons. The summed E-state index contributed by atoms with van der Waals surface area (Å²) in [5, 5.41) is 0. The minimum absolute atomic E-state index is 0.0380. The molecule has 0 aromatic heterocycles. The molecule has 18 heavy (non-hydrogen) atoms. The molecule has 4 heteroatoms. The number of allylic oxidation sites excluding steroid dienone is 1. The summed E-state index contributed by atoms with van der Waals surface area (Å²) in [6, 6.07) is 0. The fourth-order valence-electron chi connectivity index (χ4n) is 2.77. The molecule has 0 saturated carbocycles. The van der Waals surface area contributed by atoms with E-state index in [2.05, 4.69) is 6.58 Å². The average molecular weight is 253 g/mol. The Morgan fingerprint density at radius 2 is 2.39 bits per heavy atom. The van der Waals surface area contributed by atoms with Gasteiger partial charge in [-0.25, -0.2) is 0 Å². The lowest BCUT2D eigenvalue weighted by Crippen LogP contribution is -2.27. The summed E-state index contributed by atoms with van der Waals surface area (Å²) >= 11 is 0. The van der Waals surface area contributed by atoms with Crippen LogP contribution < -0.4 is 0 Å². The van der Waals surface area contributed by atoms with E-state index in [9.17, 15) is 4.79 Å². The third kappa shape index (κ3) is 3.12. The zero-order valence-electron chi connectivity index (χ0n) is 11.1. The maximum atomic E-state index is 11.9. The smallest absolute Gasteiger partial charge is 0.226 e. The second-order valence-electron chi connectivity index (χ2n) is 5.24. The highest BCUT2D eigenvalue weighted by Crippen LogP contribution is 2.28. The minimum Gasteiger partial charge on any atom is -0.353 e. The molecule has 0 spiro atoms. The van der Waals surface area contributed by atoms with Crippen LogP contribution >= 0.6 is 0 Å². The molecule has 0 bridgehead atoms. The van der Waals surface area contributed by atoms with Gasteiger partial charge in [-0.05, 0) is 25.7 Å². The van der Waals surface area contributed by atoms with Gasteiger partial charge in [0.15, 0.2) is 6.29 Å². The summed E-state index contributed by atoms with van der Waals surface area (Å²) in [7, 11) is 1.86. The van der Waals surface area contributed by atoms with Gasteiger partial charge in [0.05, 0.1) is 6.61 Å². The Bertz CT molecular complexity index is 299. The highest BCUT2D eigenvalue weighted by molar-refractivity contribution is 5.81. The van der Waals surface area contributed by atoms with Crippen molar-refractivity contribution in [3.05, 3.63) is 12.7 Å². The molecule has 2 rings (SSSR count). The van der Waals surface area contributed by atoms with Crippen LogP contribution in [0.1, 0.15) is 25.7 Å². The van der Waals surface area contributed by atoms with Gasteiger partial charge in [0.2, 0.25) is 5.91 Å². The first-order chi connectivity index (χ1) is 8.72. The molecule has 3 unspecified atom stereocenters. The summed E-state index contributed by atoms with van der Waals surface area (Å²) in [6.45, 7) is 5.92. The Hall–Kier alpha value is -0.870. The van der Waals surface area contributed by atoms with Crippen molar-refractivity contribution < 1.29 is 14.3 Å². The fraction of sp³-hybridized carbons (Fsp3) is 0.786. The highest BCUT2D eigenvalue weighted by Gasteiger charge is 2.38. The first kappa shape index (κ1) is 13.6. The van der Waals surface area contributed by atoms with Gasteiger partial charge >= 0.3 is 0 Å². The maximum Gasteiger partial charge on any atom is 0.226 e. The lowest BCUT2D eigenvalue weighted by Gasteiger charge is -2.25. The van der Waals surface area contributed by atoms with E-state index < -0.39 is 0 Å². The molecule has 2 heterocycles. The van der Waals surface area contributed by atoms with E-state index >= 15 is 0 Å². The van der Waals surface area contributed by atoms with E-state index in [1.165, 1.54) is 6.42 Å². The molecule has 3 atom stereocenters. The number of likely N-dealkylation sites (tertiary alicyclic amines) is 1. The molecule has 2 fully saturated rings. The molecular weight excluding hydrogens is 230 g/mol. The summed E-state index contributed by atoms with van der Waals surface area (Å²) in [4.78, 5) is 13.7. The van der Waals surface area contributed by atoms with Gasteiger partial charge in [0.25, 0.3) is 0 Å². The Morgan fingerprint density at radius 3 is 3.06 bits per heavy atom. The number of carbonyl (C=O) groups excluding carboxylic acids is 1. The number of carbonyl (C=O) groups is 1. The molecule has 2 aliphatic heterocycles. The number of nitrogens with zero attached hydrogens (tertiary/aromatic N) is 1. The minimum atomic E-state index is -0.0656. The molecular formula is C14H23NO3. The SMILES string of the molecule is C=CCC1C(=O)N(C)CC1COC1CCCCO1. The largest absolute Gasteiger partial charge is 0.353 e. The molecule has 4 nitrogen and oxygen atoms in total. The van der Waals surface area contributed by atoms with Gasteiger partial charge in [-0.2, -0.15) is 0 Å². The van der Waals surface area contributed by atoms with Crippen LogP contribution in [0.25, 0.3) is 0 Å². The first-order valence-corrected chi connectivity index (χ1v) is 6.81. The molecule has 2 saturated heterocycles. The van der Waals surface area contributed by atoms with E-state index in [1.54, 1.807) is 4.90 Å². The third-order valence-corrected chi connectivity index (χ3v) is 3.83. The van der Waals surface area contributed by atoms with E-state index in [0.29, 0.717) is 6.61 Å². The van der Waals surface area contributed by atoms with E-state index in [4.69, 9.17) is 9.47 Å². The molecule has 0 aromatic carbocycles. The number of hydrogen-bond donors (Lipinski definition) is 0. The van der Waals surface area contributed by atoms with Crippen molar-refractivity contribution in [1.82, 2.24) is 4.90 Å². The van der Waals surface area contributed by atoms with Crippen molar-refractivity contribution in [3.8, 4) is 0 Å². The first-order valence-electron chi connectivity index (χ1n) is 6.81. The summed E-state index contributed by atoms with van der Waals surface area (Å²) in [5.74, 6) is 0.523. The van der Waals surface area contributed by atoms with Crippen LogP contribution in [0.3, 0.4) is 0 Å². The van der Waals surface area contributed by atoms with Crippen LogP contribution in [0, 0.1) is 11.8 Å². The number of hydrogen-bond acceptors (Lipinski definition) is 3. The second-order valence-corrected chi connectivity index (χ2v) is 5.24. The van der Waals surface area contributed by atoms with Crippen LogP contribution in [0.4, 0.5) is 0 Å². The fourth-order valence-corrected chi connectivity index (χ4v) is 2.77. The average Bonchev–Trinajstić information content (AvgIpc) is 2.66. The Kier molecular flexibility index (Phi) is 4.78. The van der Waals surface area contributed by atoms with Crippen molar-refractivity contribution in [2.24, 2.45) is 11.8 Å². The molecule has 0 N–H and O–H groups in total. The molecule has 0 aliphatic carbocycles. The van der Waals surface area contributed by atoms with Crippen molar-refractivity contribution in [2.75, 3.05) is 26.8 Å². The Balaban J connectivity index is 1.83. The predicted octanol–water partition coefficient (Wildman–Crippen LogP) is 1.81. The van der Waals surface area contributed by atoms with Crippen LogP contribution in [-0.4, -0.2) is 43.9 Å². The van der Waals surface area contributed by atoms with Crippen LogP contribution in [0.15, 0.2) is 12.7 Å². The van der Waals surface area contributed by atoms with Gasteiger partial charge in [-0.15, -0.1) is 6.58 Å². The Labute approximate surface area is 109 Å². The topological polar surface area (TPSA) is 38.8 Å². The maximum absolute atomic E-state index is 11.9. The van der Waals surface area contributed by atoms with Gasteiger partial charge in [0.1, 0.15) is 0 Å². The zero-order chi connectivity index (χ0) is 13.0. The van der Waals surface area contributed by atoms with Crippen molar-refractivity contribution in [3.63, 3.8) is 0 Å². The normalized spacial score (nSPS) is 32.8. The number of amides is 1. The predicted molar refractivity (Wildman–Crippen MR) is 69.0 cm³/mol. The second kappa shape index (κ2) is 6.34. The van der Waals surface area contributed by atoms with E-state index in [-0.39, 0.29) is 24.0 Å². The van der Waals surface area contributed by atoms with Crippen LogP contribution in [0.2, 0.25) is 0 Å². The molecule has 2 aliphatic rings. The molecule has 0 aromatic rings. The van der Waals surface area contributed by atoms with Crippen molar-refractivity contribution in [2.45, 2.75) is 32.0 Å². The van der Waals surface area contributed by atoms with Gasteiger partial charge < -0.3 is 14.4 Å². The summed E-state index contributed by atoms with van der Waals surface area (Å²) in [6.07, 6.45) is 5.77. The summed E-state index contributed by atoms with van der Waals surface area (Å²) < 4.78 is 11.4.